The number of methoxy groups -OCH3 is 1. The van der Waals surface area contributed by atoms with E-state index in [9.17, 15) is 4.79 Å². The monoisotopic (exact) mass is 423 g/mol. The predicted octanol–water partition coefficient (Wildman–Crippen LogP) is 0.911. The lowest BCUT2D eigenvalue weighted by Gasteiger charge is -2.30. The molecule has 4 rings (SSSR count). The maximum Gasteiger partial charge on any atom is 0.275 e. The summed E-state index contributed by atoms with van der Waals surface area (Å²) in [5.41, 5.74) is 3.38. The Kier molecular flexibility index (Phi) is 6.59. The Morgan fingerprint density at radius 3 is 2.58 bits per heavy atom. The van der Waals surface area contributed by atoms with E-state index >= 15 is 0 Å². The van der Waals surface area contributed by atoms with E-state index in [0.717, 1.165) is 55.2 Å². The van der Waals surface area contributed by atoms with E-state index in [2.05, 4.69) is 30.4 Å². The highest BCUT2D eigenvalue weighted by molar-refractivity contribution is 5.79. The molecule has 164 valence electrons. The SMILES string of the molecule is COc1ccc(C)cc1C[NH+]1CC[NH+](CC(=O)N[C@H](C)c2cc3ccccc3o2)CC1. The van der Waals surface area contributed by atoms with Crippen LogP contribution in [0, 0.1) is 6.92 Å². The number of aryl methyl sites for hydroxylation is 1. The molecule has 0 spiro atoms. The standard InChI is InChI=1S/C25H31N3O3/c1-18-8-9-22(30-3)21(14-18)16-27-10-12-28(13-11-27)17-25(29)26-19(2)24-15-20-6-4-5-7-23(20)31-24/h4-9,14-15,19H,10-13,16-17H2,1-3H3,(H,26,29)/p+2/t19-/m1/s1. The Labute approximate surface area is 183 Å². The van der Waals surface area contributed by atoms with Crippen LogP contribution in [-0.2, 0) is 11.3 Å². The van der Waals surface area contributed by atoms with E-state index in [1.807, 2.05) is 37.3 Å². The van der Waals surface area contributed by atoms with Crippen molar-refractivity contribution in [2.75, 3.05) is 39.8 Å². The Bertz CT molecular complexity index is 1000. The van der Waals surface area contributed by atoms with Gasteiger partial charge in [0.15, 0.2) is 6.54 Å². The number of rotatable bonds is 7. The summed E-state index contributed by atoms with van der Waals surface area (Å²) < 4.78 is 11.4. The first-order valence-electron chi connectivity index (χ1n) is 11.1. The topological polar surface area (TPSA) is 60.4 Å². The first kappa shape index (κ1) is 21.4. The second-order valence-corrected chi connectivity index (χ2v) is 8.64. The Balaban J connectivity index is 1.26. The Hall–Kier alpha value is -2.83. The van der Waals surface area contributed by atoms with Gasteiger partial charge in [-0.15, -0.1) is 0 Å². The number of amides is 1. The van der Waals surface area contributed by atoms with Crippen LogP contribution in [0.5, 0.6) is 5.75 Å². The molecule has 1 fully saturated rings. The third kappa shape index (κ3) is 5.27. The number of carbonyl (C=O) groups is 1. The Morgan fingerprint density at radius 1 is 1.10 bits per heavy atom. The first-order chi connectivity index (χ1) is 15.0. The van der Waals surface area contributed by atoms with Gasteiger partial charge in [0.2, 0.25) is 0 Å². The smallest absolute Gasteiger partial charge is 0.275 e. The largest absolute Gasteiger partial charge is 0.496 e. The molecule has 1 aliphatic heterocycles. The third-order valence-electron chi connectivity index (χ3n) is 6.20. The van der Waals surface area contributed by atoms with E-state index < -0.39 is 0 Å². The molecule has 3 N–H and O–H groups in total. The fourth-order valence-electron chi connectivity index (χ4n) is 4.43. The van der Waals surface area contributed by atoms with Gasteiger partial charge in [0.1, 0.15) is 49.8 Å². The van der Waals surface area contributed by atoms with E-state index in [0.29, 0.717) is 6.54 Å². The molecule has 0 aliphatic carbocycles. The van der Waals surface area contributed by atoms with Gasteiger partial charge in [-0.2, -0.15) is 0 Å². The molecular formula is C25H33N3O3+2. The molecule has 1 aromatic heterocycles. The summed E-state index contributed by atoms with van der Waals surface area (Å²) >= 11 is 0. The van der Waals surface area contributed by atoms with Crippen molar-refractivity contribution < 1.29 is 23.7 Å². The second kappa shape index (κ2) is 9.54. The number of piperazine rings is 1. The summed E-state index contributed by atoms with van der Waals surface area (Å²) in [4.78, 5) is 15.5. The molecule has 6 nitrogen and oxygen atoms in total. The van der Waals surface area contributed by atoms with Crippen LogP contribution in [0.25, 0.3) is 11.0 Å². The maximum atomic E-state index is 12.6. The number of ether oxygens (including phenoxy) is 1. The van der Waals surface area contributed by atoms with Crippen molar-refractivity contribution in [3.05, 3.63) is 65.4 Å². The molecule has 0 bridgehead atoms. The highest BCUT2D eigenvalue weighted by Gasteiger charge is 2.26. The lowest BCUT2D eigenvalue weighted by Crippen LogP contribution is -3.28. The van der Waals surface area contributed by atoms with Crippen molar-refractivity contribution in [1.29, 1.82) is 0 Å². The third-order valence-corrected chi connectivity index (χ3v) is 6.20. The molecule has 1 amide bonds. The summed E-state index contributed by atoms with van der Waals surface area (Å²) in [7, 11) is 1.73. The number of benzene rings is 2. The van der Waals surface area contributed by atoms with Crippen molar-refractivity contribution in [2.24, 2.45) is 0 Å². The zero-order chi connectivity index (χ0) is 21.8. The van der Waals surface area contributed by atoms with E-state index in [1.165, 1.54) is 16.0 Å². The average molecular weight is 424 g/mol. The highest BCUT2D eigenvalue weighted by atomic mass is 16.5. The van der Waals surface area contributed by atoms with Gasteiger partial charge in [-0.05, 0) is 38.1 Å². The van der Waals surface area contributed by atoms with Crippen LogP contribution in [0.2, 0.25) is 0 Å². The van der Waals surface area contributed by atoms with E-state index in [1.54, 1.807) is 12.0 Å². The van der Waals surface area contributed by atoms with E-state index in [4.69, 9.17) is 9.15 Å². The molecule has 3 aromatic rings. The van der Waals surface area contributed by atoms with Crippen molar-refractivity contribution in [2.45, 2.75) is 26.4 Å². The zero-order valence-electron chi connectivity index (χ0n) is 18.7. The molecule has 2 heterocycles. The van der Waals surface area contributed by atoms with Gasteiger partial charge in [0.25, 0.3) is 5.91 Å². The highest BCUT2D eigenvalue weighted by Crippen LogP contribution is 2.23. The number of furan rings is 1. The molecule has 0 radical (unpaired) electrons. The van der Waals surface area contributed by atoms with Crippen molar-refractivity contribution in [3.8, 4) is 5.75 Å². The van der Waals surface area contributed by atoms with Crippen molar-refractivity contribution in [3.63, 3.8) is 0 Å². The van der Waals surface area contributed by atoms with Gasteiger partial charge in [-0.3, -0.25) is 4.79 Å². The van der Waals surface area contributed by atoms with Crippen LogP contribution in [0.1, 0.15) is 29.9 Å². The molecule has 0 saturated carbocycles. The fourth-order valence-corrected chi connectivity index (χ4v) is 4.43. The van der Waals surface area contributed by atoms with Crippen LogP contribution < -0.4 is 19.9 Å². The summed E-state index contributed by atoms with van der Waals surface area (Å²) in [6.45, 7) is 9.66. The zero-order valence-corrected chi connectivity index (χ0v) is 18.7. The van der Waals surface area contributed by atoms with Gasteiger partial charge >= 0.3 is 0 Å². The molecule has 6 heteroatoms. The van der Waals surface area contributed by atoms with Gasteiger partial charge in [0.05, 0.1) is 13.2 Å². The van der Waals surface area contributed by atoms with Crippen LogP contribution in [-0.4, -0.2) is 45.7 Å². The van der Waals surface area contributed by atoms with Crippen LogP contribution in [0.15, 0.2) is 52.9 Å². The van der Waals surface area contributed by atoms with Crippen LogP contribution >= 0.6 is 0 Å². The minimum atomic E-state index is -0.139. The number of quaternary nitrogens is 2. The summed E-state index contributed by atoms with van der Waals surface area (Å²) in [6, 6.07) is 16.2. The average Bonchev–Trinajstić information content (AvgIpc) is 3.20. The number of hydrogen-bond donors (Lipinski definition) is 3. The van der Waals surface area contributed by atoms with Gasteiger partial charge < -0.3 is 24.3 Å². The molecule has 1 aliphatic rings. The number of para-hydroxylation sites is 1. The van der Waals surface area contributed by atoms with Crippen molar-refractivity contribution >= 4 is 16.9 Å². The molecular weight excluding hydrogens is 390 g/mol. The quantitative estimate of drug-likeness (QED) is 0.530. The summed E-state index contributed by atoms with van der Waals surface area (Å²) in [5.74, 6) is 1.84. The second-order valence-electron chi connectivity index (χ2n) is 8.64. The Morgan fingerprint density at radius 2 is 1.84 bits per heavy atom. The first-order valence-corrected chi connectivity index (χ1v) is 11.1. The van der Waals surface area contributed by atoms with Gasteiger partial charge in [-0.1, -0.05) is 29.8 Å². The lowest BCUT2D eigenvalue weighted by molar-refractivity contribution is -1.02. The molecule has 1 atom stereocenters. The number of fused-ring (bicyclic) bond motifs is 1. The van der Waals surface area contributed by atoms with Gasteiger partial charge in [-0.25, -0.2) is 0 Å². The van der Waals surface area contributed by atoms with Crippen LogP contribution in [0.3, 0.4) is 0 Å². The molecule has 0 unspecified atom stereocenters. The summed E-state index contributed by atoms with van der Waals surface area (Å²) in [6.07, 6.45) is 0. The number of nitrogens with one attached hydrogen (secondary N) is 3. The fraction of sp³-hybridized carbons (Fsp3) is 0.400. The number of hydrogen-bond acceptors (Lipinski definition) is 3. The summed E-state index contributed by atoms with van der Waals surface area (Å²) in [5, 5.41) is 4.16. The van der Waals surface area contributed by atoms with Gasteiger partial charge in [0, 0.05) is 10.9 Å². The molecule has 31 heavy (non-hydrogen) atoms. The normalized spacial score (nSPS) is 19.8. The van der Waals surface area contributed by atoms with E-state index in [-0.39, 0.29) is 11.9 Å². The lowest BCUT2D eigenvalue weighted by atomic mass is 10.1. The minimum Gasteiger partial charge on any atom is -0.496 e. The van der Waals surface area contributed by atoms with Crippen molar-refractivity contribution in [1.82, 2.24) is 5.32 Å². The predicted molar refractivity (Wildman–Crippen MR) is 120 cm³/mol. The molecule has 2 aromatic carbocycles. The number of carbonyl (C=O) groups excluding carboxylic acids is 1. The maximum absolute atomic E-state index is 12.6. The van der Waals surface area contributed by atoms with Crippen LogP contribution in [0.4, 0.5) is 0 Å². The minimum absolute atomic E-state index is 0.0757. The molecule has 1 saturated heterocycles.